The number of aromatic nitrogens is 4. The van der Waals surface area contributed by atoms with Gasteiger partial charge in [0.25, 0.3) is 0 Å². The van der Waals surface area contributed by atoms with Crippen molar-refractivity contribution >= 4 is 39.7 Å². The van der Waals surface area contributed by atoms with Crippen LogP contribution in [-0.4, -0.2) is 49.3 Å². The molecule has 1 saturated heterocycles. The van der Waals surface area contributed by atoms with Gasteiger partial charge >= 0.3 is 0 Å². The minimum Gasteiger partial charge on any atom is -0.339 e. The molecule has 1 aliphatic rings. The van der Waals surface area contributed by atoms with Crippen molar-refractivity contribution < 1.29 is 4.79 Å². The molecule has 0 saturated carbocycles. The smallest absolute Gasteiger partial charge is 0.233 e. The minimum absolute atomic E-state index is 0.162. The zero-order valence-electron chi connectivity index (χ0n) is 15.2. The molecule has 1 N–H and O–H groups in total. The quantitative estimate of drug-likeness (QED) is 0.712. The van der Waals surface area contributed by atoms with E-state index in [1.54, 1.807) is 0 Å². The molecule has 0 aliphatic carbocycles. The van der Waals surface area contributed by atoms with Crippen LogP contribution in [0, 0.1) is 0 Å². The molecule has 4 rings (SSSR count). The van der Waals surface area contributed by atoms with Crippen LogP contribution < -0.4 is 0 Å². The number of hydrogen-bond acceptors (Lipinski definition) is 5. The van der Waals surface area contributed by atoms with E-state index in [1.165, 1.54) is 23.7 Å². The molecule has 6 nitrogen and oxygen atoms in total. The highest BCUT2D eigenvalue weighted by atomic mass is 32.2. The largest absolute Gasteiger partial charge is 0.339 e. The van der Waals surface area contributed by atoms with Crippen LogP contribution in [0.5, 0.6) is 0 Å². The summed E-state index contributed by atoms with van der Waals surface area (Å²) in [6.07, 6.45) is 4.38. The summed E-state index contributed by atoms with van der Waals surface area (Å²) in [7, 11) is 0. The summed E-state index contributed by atoms with van der Waals surface area (Å²) in [6, 6.07) is 6.64. The van der Waals surface area contributed by atoms with Crippen LogP contribution in [0.3, 0.4) is 0 Å². The van der Waals surface area contributed by atoms with Crippen LogP contribution in [0.1, 0.15) is 38.7 Å². The van der Waals surface area contributed by atoms with Gasteiger partial charge in [-0.1, -0.05) is 24.8 Å². The van der Waals surface area contributed by atoms with Gasteiger partial charge < -0.3 is 9.88 Å². The lowest BCUT2D eigenvalue weighted by Gasteiger charge is -2.33. The third kappa shape index (κ3) is 3.28. The van der Waals surface area contributed by atoms with E-state index in [4.69, 9.17) is 0 Å². The zero-order valence-corrected chi connectivity index (χ0v) is 16.0. The predicted octanol–water partition coefficient (Wildman–Crippen LogP) is 3.56. The Kier molecular flexibility index (Phi) is 4.80. The fraction of sp³-hybridized carbons (Fsp3) is 0.474. The number of aromatic amines is 1. The molecule has 2 aromatic heterocycles. The van der Waals surface area contributed by atoms with E-state index in [0.29, 0.717) is 17.0 Å². The molecule has 26 heavy (non-hydrogen) atoms. The molecule has 3 aromatic rings. The van der Waals surface area contributed by atoms with Gasteiger partial charge in [-0.2, -0.15) is 0 Å². The Hall–Kier alpha value is -2.15. The Morgan fingerprint density at radius 2 is 2.23 bits per heavy atom. The zero-order chi connectivity index (χ0) is 18.1. The van der Waals surface area contributed by atoms with E-state index in [9.17, 15) is 4.79 Å². The summed E-state index contributed by atoms with van der Waals surface area (Å²) in [5.41, 5.74) is 3.79. The van der Waals surface area contributed by atoms with E-state index in [1.807, 2.05) is 4.90 Å². The molecule has 1 fully saturated rings. The Labute approximate surface area is 156 Å². The van der Waals surface area contributed by atoms with Crippen molar-refractivity contribution in [1.82, 2.24) is 25.1 Å². The van der Waals surface area contributed by atoms with Crippen molar-refractivity contribution in [2.45, 2.75) is 50.7 Å². The monoisotopic (exact) mass is 369 g/mol. The van der Waals surface area contributed by atoms with Crippen molar-refractivity contribution in [1.29, 1.82) is 0 Å². The molecular weight excluding hydrogens is 346 g/mol. The fourth-order valence-electron chi connectivity index (χ4n) is 3.56. The number of H-pyrrole nitrogens is 1. The number of likely N-dealkylation sites (tertiary alicyclic amines) is 1. The summed E-state index contributed by atoms with van der Waals surface area (Å²) in [5.74, 6) is 0.521. The first-order chi connectivity index (χ1) is 12.7. The van der Waals surface area contributed by atoms with Gasteiger partial charge in [-0.15, -0.1) is 10.2 Å². The van der Waals surface area contributed by atoms with Crippen LogP contribution in [0.4, 0.5) is 0 Å². The molecule has 0 spiro atoms. The van der Waals surface area contributed by atoms with Gasteiger partial charge in [-0.3, -0.25) is 4.79 Å². The van der Waals surface area contributed by atoms with Crippen LogP contribution in [-0.2, 0) is 11.2 Å². The van der Waals surface area contributed by atoms with Crippen LogP contribution >= 0.6 is 11.8 Å². The summed E-state index contributed by atoms with van der Waals surface area (Å²) in [6.45, 7) is 5.12. The standard InChI is InChI=1S/C19H23N5OS/c1-3-13-7-8-15-14(10-13)17-18(20-15)21-19(23-22-17)26-11-16(25)24-9-5-4-6-12(24)2/h7-8,10,12H,3-6,9,11H2,1-2H3,(H,20,21,23)/t12-/m0/s1. The molecule has 3 heterocycles. The van der Waals surface area contributed by atoms with Crippen molar-refractivity contribution in [3.05, 3.63) is 23.8 Å². The molecule has 1 aliphatic heterocycles. The SMILES string of the molecule is CCc1ccc2[nH]c3nc(SCC(=O)N4CCCC[C@@H]4C)nnc3c2c1. The molecule has 1 aromatic carbocycles. The summed E-state index contributed by atoms with van der Waals surface area (Å²) >= 11 is 1.36. The number of piperidine rings is 1. The molecule has 0 unspecified atom stereocenters. The number of aryl methyl sites for hydroxylation is 1. The first-order valence-electron chi connectivity index (χ1n) is 9.23. The Morgan fingerprint density at radius 1 is 1.35 bits per heavy atom. The number of nitrogens with zero attached hydrogens (tertiary/aromatic N) is 4. The second-order valence-corrected chi connectivity index (χ2v) is 7.81. The number of nitrogens with one attached hydrogen (secondary N) is 1. The van der Waals surface area contributed by atoms with Crippen LogP contribution in [0.2, 0.25) is 0 Å². The van der Waals surface area contributed by atoms with E-state index < -0.39 is 0 Å². The van der Waals surface area contributed by atoms with Gasteiger partial charge in [0, 0.05) is 23.5 Å². The predicted molar refractivity (Wildman–Crippen MR) is 104 cm³/mol. The Bertz CT molecular complexity index is 954. The molecule has 0 radical (unpaired) electrons. The number of amides is 1. The number of thioether (sulfide) groups is 1. The maximum Gasteiger partial charge on any atom is 0.233 e. The number of rotatable bonds is 4. The summed E-state index contributed by atoms with van der Waals surface area (Å²) < 4.78 is 0. The topological polar surface area (TPSA) is 74.8 Å². The first-order valence-corrected chi connectivity index (χ1v) is 10.2. The van der Waals surface area contributed by atoms with Gasteiger partial charge in [-0.05, 0) is 50.3 Å². The highest BCUT2D eigenvalue weighted by Gasteiger charge is 2.23. The lowest BCUT2D eigenvalue weighted by molar-refractivity contribution is -0.131. The average Bonchev–Trinajstić information content (AvgIpc) is 3.03. The molecule has 136 valence electrons. The summed E-state index contributed by atoms with van der Waals surface area (Å²) in [4.78, 5) is 22.3. The van der Waals surface area contributed by atoms with Crippen molar-refractivity contribution in [2.75, 3.05) is 12.3 Å². The van der Waals surface area contributed by atoms with Crippen LogP contribution in [0.15, 0.2) is 23.4 Å². The average molecular weight is 369 g/mol. The number of carbonyl (C=O) groups excluding carboxylic acids is 1. The lowest BCUT2D eigenvalue weighted by Crippen LogP contribution is -2.42. The second-order valence-electron chi connectivity index (χ2n) is 6.87. The van der Waals surface area contributed by atoms with Gasteiger partial charge in [0.1, 0.15) is 5.52 Å². The van der Waals surface area contributed by atoms with Crippen LogP contribution in [0.25, 0.3) is 22.1 Å². The third-order valence-electron chi connectivity index (χ3n) is 5.12. The molecule has 1 amide bonds. The minimum atomic E-state index is 0.162. The highest BCUT2D eigenvalue weighted by molar-refractivity contribution is 7.99. The number of benzene rings is 1. The van der Waals surface area contributed by atoms with E-state index in [2.05, 4.69) is 52.2 Å². The molecular formula is C19H23N5OS. The van der Waals surface area contributed by atoms with Crippen molar-refractivity contribution in [3.8, 4) is 0 Å². The lowest BCUT2D eigenvalue weighted by atomic mass is 10.0. The van der Waals surface area contributed by atoms with Gasteiger partial charge in [0.15, 0.2) is 5.65 Å². The van der Waals surface area contributed by atoms with E-state index in [-0.39, 0.29) is 5.91 Å². The number of hydrogen-bond donors (Lipinski definition) is 1. The third-order valence-corrected chi connectivity index (χ3v) is 5.94. The summed E-state index contributed by atoms with van der Waals surface area (Å²) in [5, 5.41) is 10.2. The molecule has 0 bridgehead atoms. The van der Waals surface area contributed by atoms with E-state index >= 15 is 0 Å². The number of carbonyl (C=O) groups is 1. The first kappa shape index (κ1) is 17.3. The number of fused-ring (bicyclic) bond motifs is 3. The van der Waals surface area contributed by atoms with Gasteiger partial charge in [0.05, 0.1) is 5.75 Å². The fourth-order valence-corrected chi connectivity index (χ4v) is 4.24. The highest BCUT2D eigenvalue weighted by Crippen LogP contribution is 2.25. The second kappa shape index (κ2) is 7.23. The normalized spacial score (nSPS) is 17.9. The van der Waals surface area contributed by atoms with Gasteiger partial charge in [-0.25, -0.2) is 4.98 Å². The Morgan fingerprint density at radius 3 is 3.04 bits per heavy atom. The molecule has 7 heteroatoms. The van der Waals surface area contributed by atoms with E-state index in [0.717, 1.165) is 47.9 Å². The van der Waals surface area contributed by atoms with Crippen molar-refractivity contribution in [2.24, 2.45) is 0 Å². The Balaban J connectivity index is 1.52. The van der Waals surface area contributed by atoms with Crippen molar-refractivity contribution in [3.63, 3.8) is 0 Å². The van der Waals surface area contributed by atoms with Gasteiger partial charge in [0.2, 0.25) is 11.1 Å². The molecule has 1 atom stereocenters. The maximum absolute atomic E-state index is 12.5. The maximum atomic E-state index is 12.5.